The van der Waals surface area contributed by atoms with E-state index in [1.807, 2.05) is 72.8 Å². The highest BCUT2D eigenvalue weighted by Gasteiger charge is 2.16. The molecule has 0 aliphatic carbocycles. The number of aryl methyl sites for hydroxylation is 1. The monoisotopic (exact) mass is 500 g/mol. The fraction of sp³-hybridized carbons (Fsp3) is 0.207. The molecule has 0 saturated carbocycles. The number of rotatable bonds is 11. The Kier molecular flexibility index (Phi) is 8.47. The van der Waals surface area contributed by atoms with E-state index in [0.717, 1.165) is 38.0 Å². The zero-order valence-corrected chi connectivity index (χ0v) is 21.1. The third-order valence-electron chi connectivity index (χ3n) is 5.65. The topological polar surface area (TPSA) is 81.0 Å². The maximum atomic E-state index is 11.3. The van der Waals surface area contributed by atoms with Crippen molar-refractivity contribution in [1.29, 1.82) is 0 Å². The Morgan fingerprint density at radius 1 is 0.972 bits per heavy atom. The van der Waals surface area contributed by atoms with E-state index in [1.54, 1.807) is 18.3 Å². The Morgan fingerprint density at radius 3 is 2.31 bits per heavy atom. The minimum Gasteiger partial charge on any atom is -0.487 e. The van der Waals surface area contributed by atoms with Crippen LogP contribution in [-0.4, -0.2) is 21.8 Å². The van der Waals surface area contributed by atoms with E-state index in [0.29, 0.717) is 12.3 Å². The smallest absolute Gasteiger partial charge is 0.306 e. The largest absolute Gasteiger partial charge is 0.487 e. The predicted molar refractivity (Wildman–Crippen MR) is 142 cm³/mol. The van der Waals surface area contributed by atoms with Crippen LogP contribution < -0.4 is 4.74 Å². The van der Waals surface area contributed by atoms with Gasteiger partial charge >= 0.3 is 5.97 Å². The van der Waals surface area contributed by atoms with Gasteiger partial charge in [-0.3, -0.25) is 4.79 Å². The van der Waals surface area contributed by atoms with Crippen LogP contribution in [0, 0.1) is 12.8 Å². The molecule has 184 valence electrons. The van der Waals surface area contributed by atoms with Crippen LogP contribution in [0.25, 0.3) is 10.6 Å². The molecule has 6 nitrogen and oxygen atoms in total. The molecule has 7 heteroatoms. The maximum absolute atomic E-state index is 11.3. The summed E-state index contributed by atoms with van der Waals surface area (Å²) in [5.41, 5.74) is 4.43. The van der Waals surface area contributed by atoms with Crippen LogP contribution in [0.2, 0.25) is 0 Å². The van der Waals surface area contributed by atoms with Crippen molar-refractivity contribution in [3.05, 3.63) is 107 Å². The van der Waals surface area contributed by atoms with Gasteiger partial charge < -0.3 is 14.7 Å². The van der Waals surface area contributed by atoms with Gasteiger partial charge in [0.25, 0.3) is 0 Å². The molecule has 0 radical (unpaired) electrons. The number of benzene rings is 3. The van der Waals surface area contributed by atoms with Gasteiger partial charge in [0.2, 0.25) is 0 Å². The van der Waals surface area contributed by atoms with Gasteiger partial charge in [0.15, 0.2) is 0 Å². The fourth-order valence-electron chi connectivity index (χ4n) is 3.50. The summed E-state index contributed by atoms with van der Waals surface area (Å²) in [5, 5.41) is 14.5. The molecule has 0 fully saturated rings. The third kappa shape index (κ3) is 6.79. The number of carboxylic acid groups (broad SMARTS) is 1. The second-order valence-electron chi connectivity index (χ2n) is 8.44. The number of nitrogens with zero attached hydrogens (tertiary/aromatic N) is 2. The van der Waals surface area contributed by atoms with Crippen LogP contribution in [0.4, 0.5) is 0 Å². The molecule has 1 unspecified atom stereocenters. The van der Waals surface area contributed by atoms with Crippen LogP contribution in [0.3, 0.4) is 0 Å². The predicted octanol–water partition coefficient (Wildman–Crippen LogP) is 6.73. The van der Waals surface area contributed by atoms with Crippen molar-refractivity contribution in [2.45, 2.75) is 33.5 Å². The van der Waals surface area contributed by atoms with Crippen molar-refractivity contribution in [2.24, 2.45) is 11.1 Å². The lowest BCUT2D eigenvalue weighted by Gasteiger charge is -2.10. The molecule has 1 aromatic heterocycles. The molecule has 0 aliphatic heterocycles. The Balaban J connectivity index is 1.34. The van der Waals surface area contributed by atoms with Crippen molar-refractivity contribution >= 4 is 23.0 Å². The highest BCUT2D eigenvalue weighted by molar-refractivity contribution is 7.15. The van der Waals surface area contributed by atoms with Crippen LogP contribution in [0.15, 0.2) is 90.1 Å². The van der Waals surface area contributed by atoms with Gasteiger partial charge in [-0.15, -0.1) is 11.3 Å². The summed E-state index contributed by atoms with van der Waals surface area (Å²) in [4.78, 5) is 22.8. The van der Waals surface area contributed by atoms with E-state index in [-0.39, 0.29) is 13.0 Å². The van der Waals surface area contributed by atoms with Gasteiger partial charge in [0, 0.05) is 16.9 Å². The second-order valence-corrected chi connectivity index (χ2v) is 9.64. The lowest BCUT2D eigenvalue weighted by Crippen LogP contribution is -2.15. The molecule has 1 atom stereocenters. The first kappa shape index (κ1) is 25.1. The number of hydrogen-bond donors (Lipinski definition) is 1. The number of carbonyl (C=O) groups is 1. The molecule has 36 heavy (non-hydrogen) atoms. The second kappa shape index (κ2) is 12.1. The number of ether oxygens (including phenoxy) is 1. The van der Waals surface area contributed by atoms with Crippen LogP contribution in [0.1, 0.15) is 35.0 Å². The molecular formula is C29H28N2O4S. The van der Waals surface area contributed by atoms with Gasteiger partial charge in [0.05, 0.1) is 17.3 Å². The van der Waals surface area contributed by atoms with E-state index < -0.39 is 11.9 Å². The number of carboxylic acids is 1. The first-order valence-corrected chi connectivity index (χ1v) is 12.5. The van der Waals surface area contributed by atoms with Crippen molar-refractivity contribution in [3.8, 4) is 16.3 Å². The van der Waals surface area contributed by atoms with Gasteiger partial charge in [-0.1, -0.05) is 84.9 Å². The number of aromatic nitrogens is 1. The van der Waals surface area contributed by atoms with Crippen molar-refractivity contribution in [3.63, 3.8) is 0 Å². The normalized spacial score (nSPS) is 12.2. The summed E-state index contributed by atoms with van der Waals surface area (Å²) in [6, 6.07) is 27.3. The van der Waals surface area contributed by atoms with Gasteiger partial charge in [-0.25, -0.2) is 4.98 Å². The van der Waals surface area contributed by atoms with Gasteiger partial charge in [-0.2, -0.15) is 0 Å². The summed E-state index contributed by atoms with van der Waals surface area (Å²) in [7, 11) is 0. The average molecular weight is 501 g/mol. The Hall–Kier alpha value is -3.97. The fourth-order valence-corrected chi connectivity index (χ4v) is 4.42. The molecule has 0 bridgehead atoms. The molecule has 0 amide bonds. The molecule has 1 N–H and O–H groups in total. The quantitative estimate of drug-likeness (QED) is 0.182. The molecule has 0 saturated heterocycles. The third-order valence-corrected chi connectivity index (χ3v) is 6.71. The van der Waals surface area contributed by atoms with Crippen LogP contribution in [0.5, 0.6) is 5.75 Å². The zero-order chi connectivity index (χ0) is 25.3. The van der Waals surface area contributed by atoms with Gasteiger partial charge in [0.1, 0.15) is 24.0 Å². The molecule has 0 aliphatic rings. The standard InChI is InChI=1S/C29H28N2O4S/c1-20(29(32)33)17-26(23-9-5-3-6-10-23)31-35-18-22-13-15-25(16-14-22)34-19-27-21(2)36-28(30-27)24-11-7-4-8-12-24/h3-16,20H,17-19H2,1-2H3,(H,32,33). The lowest BCUT2D eigenvalue weighted by atomic mass is 9.99. The summed E-state index contributed by atoms with van der Waals surface area (Å²) in [6.07, 6.45) is 0.286. The van der Waals surface area contributed by atoms with E-state index in [9.17, 15) is 9.90 Å². The maximum Gasteiger partial charge on any atom is 0.306 e. The minimum absolute atomic E-state index is 0.268. The van der Waals surface area contributed by atoms with Crippen molar-refractivity contribution < 1.29 is 19.5 Å². The highest BCUT2D eigenvalue weighted by Crippen LogP contribution is 2.28. The number of thiazole rings is 1. The summed E-state index contributed by atoms with van der Waals surface area (Å²) >= 11 is 1.67. The SMILES string of the molecule is Cc1sc(-c2ccccc2)nc1COc1ccc(CON=C(CC(C)C(=O)O)c2ccccc2)cc1. The van der Waals surface area contributed by atoms with Gasteiger partial charge in [-0.05, 0) is 30.2 Å². The van der Waals surface area contributed by atoms with Crippen molar-refractivity contribution in [2.75, 3.05) is 0 Å². The minimum atomic E-state index is -0.863. The van der Waals surface area contributed by atoms with Crippen molar-refractivity contribution in [1.82, 2.24) is 4.98 Å². The first-order chi connectivity index (χ1) is 17.5. The number of oxime groups is 1. The van der Waals surface area contributed by atoms with E-state index in [4.69, 9.17) is 14.6 Å². The first-order valence-electron chi connectivity index (χ1n) is 11.7. The average Bonchev–Trinajstić information content (AvgIpc) is 3.28. The zero-order valence-electron chi connectivity index (χ0n) is 20.3. The van der Waals surface area contributed by atoms with Crippen LogP contribution in [-0.2, 0) is 22.8 Å². The van der Waals surface area contributed by atoms with E-state index in [1.165, 1.54) is 0 Å². The Bertz CT molecular complexity index is 1300. The molecular weight excluding hydrogens is 472 g/mol. The Labute approximate surface area is 214 Å². The van der Waals surface area contributed by atoms with E-state index >= 15 is 0 Å². The molecule has 0 spiro atoms. The number of hydrogen-bond acceptors (Lipinski definition) is 6. The van der Waals surface area contributed by atoms with E-state index in [2.05, 4.69) is 24.2 Å². The lowest BCUT2D eigenvalue weighted by molar-refractivity contribution is -0.140. The van der Waals surface area contributed by atoms with Crippen LogP contribution >= 0.6 is 11.3 Å². The summed E-state index contributed by atoms with van der Waals surface area (Å²) in [5.74, 6) is -0.677. The summed E-state index contributed by atoms with van der Waals surface area (Å²) in [6.45, 7) is 4.39. The molecule has 4 rings (SSSR count). The molecule has 4 aromatic rings. The molecule has 3 aromatic carbocycles. The Morgan fingerprint density at radius 2 is 1.64 bits per heavy atom. The highest BCUT2D eigenvalue weighted by atomic mass is 32.1. The number of aliphatic carboxylic acids is 1. The summed E-state index contributed by atoms with van der Waals surface area (Å²) < 4.78 is 5.96. The molecule has 1 heterocycles.